The SMILES string of the molecule is CCCS(=O)(=O)N1CCC(Cn2ccnc2-c2ccccc2)CC1. The van der Waals surface area contributed by atoms with Crippen LogP contribution in [0.4, 0.5) is 0 Å². The summed E-state index contributed by atoms with van der Waals surface area (Å²) in [5, 5.41) is 0. The molecule has 0 atom stereocenters. The van der Waals surface area contributed by atoms with E-state index in [2.05, 4.69) is 21.7 Å². The molecule has 2 aromatic rings. The molecule has 5 nitrogen and oxygen atoms in total. The van der Waals surface area contributed by atoms with Gasteiger partial charge in [0.1, 0.15) is 5.82 Å². The largest absolute Gasteiger partial charge is 0.331 e. The van der Waals surface area contributed by atoms with Crippen LogP contribution in [0.25, 0.3) is 11.4 Å². The summed E-state index contributed by atoms with van der Waals surface area (Å²) >= 11 is 0. The highest BCUT2D eigenvalue weighted by molar-refractivity contribution is 7.89. The fourth-order valence-electron chi connectivity index (χ4n) is 3.34. The van der Waals surface area contributed by atoms with Gasteiger partial charge >= 0.3 is 0 Å². The molecule has 0 amide bonds. The van der Waals surface area contributed by atoms with Crippen LogP contribution in [0.15, 0.2) is 42.7 Å². The van der Waals surface area contributed by atoms with Crippen LogP contribution in [-0.2, 0) is 16.6 Å². The van der Waals surface area contributed by atoms with Gasteiger partial charge in [-0.3, -0.25) is 0 Å². The molecule has 3 rings (SSSR count). The van der Waals surface area contributed by atoms with Crippen molar-refractivity contribution in [3.8, 4) is 11.4 Å². The third kappa shape index (κ3) is 3.87. The van der Waals surface area contributed by atoms with Crippen LogP contribution in [0.5, 0.6) is 0 Å². The first kappa shape index (κ1) is 17.2. The lowest BCUT2D eigenvalue weighted by Gasteiger charge is -2.31. The predicted molar refractivity (Wildman–Crippen MR) is 96.0 cm³/mol. The van der Waals surface area contributed by atoms with Gasteiger partial charge in [0, 0.05) is 37.6 Å². The van der Waals surface area contributed by atoms with Crippen molar-refractivity contribution >= 4 is 10.0 Å². The molecule has 1 aliphatic rings. The Morgan fingerprint density at radius 1 is 1.17 bits per heavy atom. The molecular formula is C18H25N3O2S. The fraction of sp³-hybridized carbons (Fsp3) is 0.500. The van der Waals surface area contributed by atoms with Crippen molar-refractivity contribution in [1.29, 1.82) is 0 Å². The lowest BCUT2D eigenvalue weighted by molar-refractivity contribution is 0.253. The first-order chi connectivity index (χ1) is 11.6. The molecule has 130 valence electrons. The third-order valence-corrected chi connectivity index (χ3v) is 6.71. The van der Waals surface area contributed by atoms with Gasteiger partial charge in [-0.15, -0.1) is 0 Å². The second kappa shape index (κ2) is 7.49. The number of piperidine rings is 1. The normalized spacial score (nSPS) is 17.2. The molecule has 1 aromatic carbocycles. The van der Waals surface area contributed by atoms with Crippen LogP contribution in [0.3, 0.4) is 0 Å². The summed E-state index contributed by atoms with van der Waals surface area (Å²) in [6.07, 6.45) is 6.36. The van der Waals surface area contributed by atoms with Gasteiger partial charge in [0.05, 0.1) is 5.75 Å². The van der Waals surface area contributed by atoms with Gasteiger partial charge in [-0.05, 0) is 25.2 Å². The lowest BCUT2D eigenvalue weighted by Crippen LogP contribution is -2.40. The molecule has 0 radical (unpaired) electrons. The van der Waals surface area contributed by atoms with E-state index in [4.69, 9.17) is 0 Å². The van der Waals surface area contributed by atoms with E-state index in [-0.39, 0.29) is 5.75 Å². The first-order valence-corrected chi connectivity index (χ1v) is 10.3. The van der Waals surface area contributed by atoms with Gasteiger partial charge in [0.15, 0.2) is 0 Å². The van der Waals surface area contributed by atoms with E-state index in [0.29, 0.717) is 25.4 Å². The van der Waals surface area contributed by atoms with E-state index in [1.54, 1.807) is 4.31 Å². The monoisotopic (exact) mass is 347 g/mol. The van der Waals surface area contributed by atoms with Gasteiger partial charge in [-0.1, -0.05) is 37.3 Å². The van der Waals surface area contributed by atoms with Gasteiger partial charge in [0.25, 0.3) is 0 Å². The smallest absolute Gasteiger partial charge is 0.214 e. The number of rotatable bonds is 6. The Hall–Kier alpha value is -1.66. The second-order valence-electron chi connectivity index (χ2n) is 6.43. The molecule has 0 spiro atoms. The van der Waals surface area contributed by atoms with Crippen molar-refractivity contribution in [2.75, 3.05) is 18.8 Å². The van der Waals surface area contributed by atoms with Crippen LogP contribution >= 0.6 is 0 Å². The number of hydrogen-bond donors (Lipinski definition) is 0. The summed E-state index contributed by atoms with van der Waals surface area (Å²) in [4.78, 5) is 4.49. The highest BCUT2D eigenvalue weighted by atomic mass is 32.2. The van der Waals surface area contributed by atoms with Gasteiger partial charge in [-0.2, -0.15) is 0 Å². The van der Waals surface area contributed by atoms with E-state index < -0.39 is 10.0 Å². The maximum Gasteiger partial charge on any atom is 0.214 e. The van der Waals surface area contributed by atoms with Crippen LogP contribution in [0.1, 0.15) is 26.2 Å². The zero-order valence-corrected chi connectivity index (χ0v) is 15.0. The van der Waals surface area contributed by atoms with Crippen LogP contribution in [-0.4, -0.2) is 41.1 Å². The molecule has 0 aliphatic carbocycles. The molecule has 2 heterocycles. The third-order valence-electron chi connectivity index (χ3n) is 4.63. The van der Waals surface area contributed by atoms with Crippen molar-refractivity contribution in [3.63, 3.8) is 0 Å². The Balaban J connectivity index is 1.63. The first-order valence-electron chi connectivity index (χ1n) is 8.64. The van der Waals surface area contributed by atoms with Gasteiger partial charge < -0.3 is 4.57 Å². The summed E-state index contributed by atoms with van der Waals surface area (Å²) in [7, 11) is -3.06. The molecule has 6 heteroatoms. The Morgan fingerprint density at radius 3 is 2.54 bits per heavy atom. The minimum atomic E-state index is -3.06. The zero-order chi connectivity index (χ0) is 17.0. The number of aromatic nitrogens is 2. The zero-order valence-electron chi connectivity index (χ0n) is 14.1. The molecule has 1 saturated heterocycles. The fourth-order valence-corrected chi connectivity index (χ4v) is 4.88. The highest BCUT2D eigenvalue weighted by Crippen LogP contribution is 2.24. The molecule has 1 fully saturated rings. The van der Waals surface area contributed by atoms with Crippen molar-refractivity contribution < 1.29 is 8.42 Å². The van der Waals surface area contributed by atoms with E-state index in [1.807, 2.05) is 37.5 Å². The molecule has 24 heavy (non-hydrogen) atoms. The van der Waals surface area contributed by atoms with Crippen LogP contribution in [0.2, 0.25) is 0 Å². The Bertz CT molecular complexity index is 748. The van der Waals surface area contributed by atoms with Gasteiger partial charge in [0.2, 0.25) is 10.0 Å². The van der Waals surface area contributed by atoms with E-state index in [9.17, 15) is 8.42 Å². The number of benzene rings is 1. The maximum absolute atomic E-state index is 12.2. The maximum atomic E-state index is 12.2. The predicted octanol–water partition coefficient (Wildman–Crippen LogP) is 3.00. The number of imidazole rings is 1. The second-order valence-corrected chi connectivity index (χ2v) is 8.52. The quantitative estimate of drug-likeness (QED) is 0.807. The summed E-state index contributed by atoms with van der Waals surface area (Å²) in [5.41, 5.74) is 1.12. The lowest BCUT2D eigenvalue weighted by atomic mass is 9.98. The topological polar surface area (TPSA) is 55.2 Å². The van der Waals surface area contributed by atoms with Crippen LogP contribution < -0.4 is 0 Å². The summed E-state index contributed by atoms with van der Waals surface area (Å²) < 4.78 is 28.2. The van der Waals surface area contributed by atoms with Crippen molar-refractivity contribution in [3.05, 3.63) is 42.7 Å². The van der Waals surface area contributed by atoms with Crippen molar-refractivity contribution in [1.82, 2.24) is 13.9 Å². The van der Waals surface area contributed by atoms with E-state index in [1.165, 1.54) is 0 Å². The summed E-state index contributed by atoms with van der Waals surface area (Å²) in [5.74, 6) is 1.74. The average Bonchev–Trinajstić information content (AvgIpc) is 3.04. The molecule has 0 bridgehead atoms. The minimum Gasteiger partial charge on any atom is -0.331 e. The van der Waals surface area contributed by atoms with Crippen molar-refractivity contribution in [2.24, 2.45) is 5.92 Å². The average molecular weight is 347 g/mol. The van der Waals surface area contributed by atoms with Crippen LogP contribution in [0, 0.1) is 5.92 Å². The summed E-state index contributed by atoms with van der Waals surface area (Å²) in [6, 6.07) is 10.2. The Kier molecular flexibility index (Phi) is 5.36. The number of hydrogen-bond acceptors (Lipinski definition) is 3. The standard InChI is InChI=1S/C18H25N3O2S/c1-2-14-24(22,23)21-11-8-16(9-12-21)15-20-13-10-19-18(20)17-6-4-3-5-7-17/h3-7,10,13,16H,2,8-9,11-12,14-15H2,1H3. The van der Waals surface area contributed by atoms with E-state index in [0.717, 1.165) is 30.8 Å². The summed E-state index contributed by atoms with van der Waals surface area (Å²) in [6.45, 7) is 4.09. The minimum absolute atomic E-state index is 0.261. The highest BCUT2D eigenvalue weighted by Gasteiger charge is 2.27. The Morgan fingerprint density at radius 2 is 1.88 bits per heavy atom. The van der Waals surface area contributed by atoms with E-state index >= 15 is 0 Å². The molecular weight excluding hydrogens is 322 g/mol. The molecule has 0 saturated carbocycles. The number of sulfonamides is 1. The molecule has 1 aromatic heterocycles. The van der Waals surface area contributed by atoms with Gasteiger partial charge in [-0.25, -0.2) is 17.7 Å². The molecule has 1 aliphatic heterocycles. The number of nitrogens with zero attached hydrogens (tertiary/aromatic N) is 3. The van der Waals surface area contributed by atoms with Crippen molar-refractivity contribution in [2.45, 2.75) is 32.7 Å². The Labute approximate surface area is 144 Å². The molecule has 0 unspecified atom stereocenters. The molecule has 0 N–H and O–H groups in total.